The van der Waals surface area contributed by atoms with Crippen LogP contribution < -0.4 is 15.2 Å². The first-order chi connectivity index (χ1) is 11.7. The lowest BCUT2D eigenvalue weighted by molar-refractivity contribution is -0.144. The highest BCUT2D eigenvalue weighted by atomic mass is 16.7. The maximum absolute atomic E-state index is 11.5. The standard InChI is InChI=1S/C17H21NO6/c18-17(20)15-8-12(9-16(24-15)21-6-2-1-5-19)11-3-4-13-14(7-11)23-10-22-13/h3-4,7-8,12,16,19H,1-2,5-6,9-10H2,(H2,18,20)/t12-,16+/m0/s1. The predicted octanol–water partition coefficient (Wildman–Crippen LogP) is 1.40. The Morgan fingerprint density at radius 1 is 1.29 bits per heavy atom. The van der Waals surface area contributed by atoms with Crippen LogP contribution in [0.3, 0.4) is 0 Å². The molecule has 3 rings (SSSR count). The second-order valence-electron chi connectivity index (χ2n) is 5.70. The number of ether oxygens (including phenoxy) is 4. The third-order valence-electron chi connectivity index (χ3n) is 3.98. The molecule has 1 aromatic carbocycles. The number of hydrogen-bond donors (Lipinski definition) is 2. The number of primary amides is 1. The Morgan fingerprint density at radius 3 is 2.92 bits per heavy atom. The summed E-state index contributed by atoms with van der Waals surface area (Å²) < 4.78 is 21.9. The van der Waals surface area contributed by atoms with E-state index < -0.39 is 12.2 Å². The molecule has 0 aromatic heterocycles. The highest BCUT2D eigenvalue weighted by Crippen LogP contribution is 2.38. The van der Waals surface area contributed by atoms with E-state index in [1.54, 1.807) is 6.08 Å². The van der Waals surface area contributed by atoms with E-state index in [4.69, 9.17) is 29.8 Å². The van der Waals surface area contributed by atoms with Gasteiger partial charge in [0.1, 0.15) is 0 Å². The van der Waals surface area contributed by atoms with Crippen molar-refractivity contribution >= 4 is 5.91 Å². The summed E-state index contributed by atoms with van der Waals surface area (Å²) in [5, 5.41) is 8.81. The Hall–Kier alpha value is -2.25. The summed E-state index contributed by atoms with van der Waals surface area (Å²) in [4.78, 5) is 11.5. The second kappa shape index (κ2) is 7.55. The van der Waals surface area contributed by atoms with E-state index in [0.29, 0.717) is 30.9 Å². The highest BCUT2D eigenvalue weighted by molar-refractivity contribution is 5.90. The van der Waals surface area contributed by atoms with Crippen molar-refractivity contribution in [3.63, 3.8) is 0 Å². The van der Waals surface area contributed by atoms with E-state index in [2.05, 4.69) is 0 Å². The zero-order chi connectivity index (χ0) is 16.9. The summed E-state index contributed by atoms with van der Waals surface area (Å²) in [5.41, 5.74) is 6.35. The summed E-state index contributed by atoms with van der Waals surface area (Å²) in [7, 11) is 0. The van der Waals surface area contributed by atoms with Crippen LogP contribution in [0.1, 0.15) is 30.7 Å². The number of aliphatic hydroxyl groups excluding tert-OH is 1. The third kappa shape index (κ3) is 3.80. The van der Waals surface area contributed by atoms with Gasteiger partial charge in [0.25, 0.3) is 5.91 Å². The fourth-order valence-corrected chi connectivity index (χ4v) is 2.73. The quantitative estimate of drug-likeness (QED) is 0.731. The van der Waals surface area contributed by atoms with Crippen molar-refractivity contribution in [1.29, 1.82) is 0 Å². The molecule has 2 aliphatic rings. The third-order valence-corrected chi connectivity index (χ3v) is 3.98. The summed E-state index contributed by atoms with van der Waals surface area (Å²) in [6.45, 7) is 0.789. The lowest BCUT2D eigenvalue weighted by atomic mass is 9.92. The molecule has 0 saturated heterocycles. The number of allylic oxidation sites excluding steroid dienone is 1. The molecule has 3 N–H and O–H groups in total. The van der Waals surface area contributed by atoms with Crippen molar-refractivity contribution in [3.8, 4) is 11.5 Å². The van der Waals surface area contributed by atoms with Crippen LogP contribution in [0.2, 0.25) is 0 Å². The van der Waals surface area contributed by atoms with Crippen molar-refractivity contribution in [2.45, 2.75) is 31.5 Å². The Bertz CT molecular complexity index is 630. The normalized spacial score (nSPS) is 22.0. The van der Waals surface area contributed by atoms with Gasteiger partial charge in [-0.15, -0.1) is 0 Å². The topological polar surface area (TPSA) is 100 Å². The van der Waals surface area contributed by atoms with Gasteiger partial charge < -0.3 is 29.8 Å². The van der Waals surface area contributed by atoms with Crippen molar-refractivity contribution in [2.24, 2.45) is 5.73 Å². The Kier molecular flexibility index (Phi) is 5.22. The van der Waals surface area contributed by atoms with Crippen LogP contribution in [-0.4, -0.2) is 37.3 Å². The van der Waals surface area contributed by atoms with Gasteiger partial charge in [-0.05, 0) is 36.6 Å². The van der Waals surface area contributed by atoms with E-state index in [0.717, 1.165) is 12.0 Å². The van der Waals surface area contributed by atoms with Gasteiger partial charge in [0.2, 0.25) is 13.1 Å². The van der Waals surface area contributed by atoms with E-state index in [9.17, 15) is 4.79 Å². The molecule has 2 atom stereocenters. The summed E-state index contributed by atoms with van der Waals surface area (Å²) in [6, 6.07) is 5.68. The van der Waals surface area contributed by atoms with Gasteiger partial charge in [-0.1, -0.05) is 6.07 Å². The molecule has 1 amide bonds. The lowest BCUT2D eigenvalue weighted by Gasteiger charge is -2.28. The maximum atomic E-state index is 11.5. The average Bonchev–Trinajstić information content (AvgIpc) is 3.06. The van der Waals surface area contributed by atoms with Crippen LogP contribution >= 0.6 is 0 Å². The number of nitrogens with two attached hydrogens (primary N) is 1. The first kappa shape index (κ1) is 16.6. The number of unbranched alkanes of at least 4 members (excludes halogenated alkanes) is 1. The minimum Gasteiger partial charge on any atom is -0.459 e. The van der Waals surface area contributed by atoms with Crippen LogP contribution in [0.4, 0.5) is 0 Å². The number of benzene rings is 1. The maximum Gasteiger partial charge on any atom is 0.283 e. The minimum absolute atomic E-state index is 0.0707. The Balaban J connectivity index is 1.73. The summed E-state index contributed by atoms with van der Waals surface area (Å²) in [5.74, 6) is 0.814. The fourth-order valence-electron chi connectivity index (χ4n) is 2.73. The SMILES string of the molecule is NC(=O)C1=C[C@H](c2ccc3c(c2)OCO3)C[C@H](OCCCCO)O1. The summed E-state index contributed by atoms with van der Waals surface area (Å²) >= 11 is 0. The predicted molar refractivity (Wildman–Crippen MR) is 84.3 cm³/mol. The van der Waals surface area contributed by atoms with Gasteiger partial charge in [-0.2, -0.15) is 0 Å². The minimum atomic E-state index is -0.621. The molecule has 0 fully saturated rings. The molecule has 7 nitrogen and oxygen atoms in total. The second-order valence-corrected chi connectivity index (χ2v) is 5.70. The van der Waals surface area contributed by atoms with Crippen LogP contribution in [0, 0.1) is 0 Å². The zero-order valence-electron chi connectivity index (χ0n) is 13.3. The van der Waals surface area contributed by atoms with Gasteiger partial charge in [0, 0.05) is 18.9 Å². The number of hydrogen-bond acceptors (Lipinski definition) is 6. The van der Waals surface area contributed by atoms with E-state index in [1.807, 2.05) is 18.2 Å². The molecule has 24 heavy (non-hydrogen) atoms. The van der Waals surface area contributed by atoms with Crippen LogP contribution in [0.5, 0.6) is 11.5 Å². The number of rotatable bonds is 7. The summed E-state index contributed by atoms with van der Waals surface area (Å²) in [6.07, 6.45) is 3.12. The number of aliphatic hydroxyl groups is 1. The largest absolute Gasteiger partial charge is 0.459 e. The van der Waals surface area contributed by atoms with Crippen LogP contribution in [-0.2, 0) is 14.3 Å². The van der Waals surface area contributed by atoms with Crippen molar-refractivity contribution in [3.05, 3.63) is 35.6 Å². The Morgan fingerprint density at radius 2 is 2.12 bits per heavy atom. The van der Waals surface area contributed by atoms with E-state index in [1.165, 1.54) is 0 Å². The molecule has 2 heterocycles. The van der Waals surface area contributed by atoms with E-state index >= 15 is 0 Å². The van der Waals surface area contributed by atoms with Crippen LogP contribution in [0.25, 0.3) is 0 Å². The molecule has 0 unspecified atom stereocenters. The number of amides is 1. The number of carbonyl (C=O) groups excluding carboxylic acids is 1. The van der Waals surface area contributed by atoms with Gasteiger partial charge in [-0.25, -0.2) is 0 Å². The number of fused-ring (bicyclic) bond motifs is 1. The molecule has 0 radical (unpaired) electrons. The molecular weight excluding hydrogens is 314 g/mol. The van der Waals surface area contributed by atoms with Gasteiger partial charge in [0.05, 0.1) is 6.61 Å². The fraction of sp³-hybridized carbons (Fsp3) is 0.471. The molecule has 0 spiro atoms. The molecule has 0 saturated carbocycles. The molecule has 130 valence electrons. The molecule has 1 aromatic rings. The van der Waals surface area contributed by atoms with Crippen molar-refractivity contribution < 1.29 is 28.8 Å². The monoisotopic (exact) mass is 335 g/mol. The molecule has 7 heteroatoms. The van der Waals surface area contributed by atoms with Crippen LogP contribution in [0.15, 0.2) is 30.0 Å². The smallest absolute Gasteiger partial charge is 0.283 e. The van der Waals surface area contributed by atoms with Gasteiger partial charge >= 0.3 is 0 Å². The van der Waals surface area contributed by atoms with Gasteiger partial charge in [0.15, 0.2) is 17.3 Å². The zero-order valence-corrected chi connectivity index (χ0v) is 13.3. The van der Waals surface area contributed by atoms with Crippen molar-refractivity contribution in [2.75, 3.05) is 20.0 Å². The first-order valence-electron chi connectivity index (χ1n) is 7.97. The number of carbonyl (C=O) groups is 1. The molecule has 0 aliphatic carbocycles. The van der Waals surface area contributed by atoms with Gasteiger partial charge in [-0.3, -0.25) is 4.79 Å². The lowest BCUT2D eigenvalue weighted by Crippen LogP contribution is -2.29. The molecule has 0 bridgehead atoms. The highest BCUT2D eigenvalue weighted by Gasteiger charge is 2.28. The Labute approximate surface area is 139 Å². The van der Waals surface area contributed by atoms with Crippen molar-refractivity contribution in [1.82, 2.24) is 0 Å². The molecule has 2 aliphatic heterocycles. The average molecular weight is 335 g/mol. The van der Waals surface area contributed by atoms with E-state index in [-0.39, 0.29) is 25.1 Å². The first-order valence-corrected chi connectivity index (χ1v) is 7.97. The molecular formula is C17H21NO6.